The Balaban J connectivity index is 1.52. The second-order valence-corrected chi connectivity index (χ2v) is 8.45. The van der Waals surface area contributed by atoms with Crippen LogP contribution in [0.15, 0.2) is 86.8 Å². The van der Waals surface area contributed by atoms with Crippen LogP contribution < -0.4 is 5.43 Å². The number of hydrogen-bond donors (Lipinski definition) is 3. The van der Waals surface area contributed by atoms with E-state index in [-0.39, 0.29) is 21.9 Å². The summed E-state index contributed by atoms with van der Waals surface area (Å²) < 4.78 is 0.522. The van der Waals surface area contributed by atoms with Crippen molar-refractivity contribution in [1.29, 1.82) is 0 Å². The van der Waals surface area contributed by atoms with Crippen LogP contribution in [-0.2, 0) is 0 Å². The predicted molar refractivity (Wildman–Crippen MR) is 130 cm³/mol. The molecule has 0 atom stereocenters. The largest absolute Gasteiger partial charge is 0.506 e. The van der Waals surface area contributed by atoms with Gasteiger partial charge in [-0.1, -0.05) is 48.5 Å². The molecular formula is C24H16Br2N2O3. The number of phenolic OH excluding ortho intramolecular Hbond substituents is 2. The van der Waals surface area contributed by atoms with E-state index in [1.807, 2.05) is 36.4 Å². The fourth-order valence-corrected chi connectivity index (χ4v) is 4.29. The van der Waals surface area contributed by atoms with Gasteiger partial charge in [-0.25, -0.2) is 5.43 Å². The van der Waals surface area contributed by atoms with Crippen molar-refractivity contribution in [2.24, 2.45) is 5.10 Å². The van der Waals surface area contributed by atoms with E-state index in [0.29, 0.717) is 15.6 Å². The third-order valence-electron chi connectivity index (χ3n) is 4.78. The highest BCUT2D eigenvalue weighted by molar-refractivity contribution is 9.11. The molecule has 5 nitrogen and oxygen atoms in total. The van der Waals surface area contributed by atoms with Crippen LogP contribution in [-0.4, -0.2) is 22.3 Å². The number of nitrogens with zero attached hydrogens (tertiary/aromatic N) is 1. The molecule has 0 saturated carbocycles. The zero-order valence-electron chi connectivity index (χ0n) is 16.0. The van der Waals surface area contributed by atoms with E-state index in [4.69, 9.17) is 0 Å². The quantitative estimate of drug-likeness (QED) is 0.213. The summed E-state index contributed by atoms with van der Waals surface area (Å²) in [7, 11) is 0. The van der Waals surface area contributed by atoms with Crippen molar-refractivity contribution in [1.82, 2.24) is 5.43 Å². The number of halogens is 2. The zero-order chi connectivity index (χ0) is 22.0. The number of hydrogen-bond acceptors (Lipinski definition) is 4. The Morgan fingerprint density at radius 1 is 0.839 bits per heavy atom. The van der Waals surface area contributed by atoms with Crippen molar-refractivity contribution in [2.45, 2.75) is 0 Å². The van der Waals surface area contributed by atoms with Crippen molar-refractivity contribution >= 4 is 54.8 Å². The second-order valence-electron chi connectivity index (χ2n) is 6.80. The maximum absolute atomic E-state index is 12.5. The number of phenols is 2. The minimum Gasteiger partial charge on any atom is -0.506 e. The molecule has 0 aliphatic rings. The van der Waals surface area contributed by atoms with Gasteiger partial charge in [0, 0.05) is 11.1 Å². The predicted octanol–water partition coefficient (Wildman–Crippen LogP) is 6.21. The third-order valence-corrected chi connectivity index (χ3v) is 6.13. The van der Waals surface area contributed by atoms with E-state index in [2.05, 4.69) is 60.6 Å². The molecule has 0 aliphatic carbocycles. The Kier molecular flexibility index (Phi) is 6.06. The number of rotatable bonds is 4. The smallest absolute Gasteiger partial charge is 0.271 e. The molecule has 0 unspecified atom stereocenters. The Bertz CT molecular complexity index is 1320. The first-order chi connectivity index (χ1) is 14.9. The number of fused-ring (bicyclic) bond motifs is 1. The number of benzene rings is 4. The standard InChI is InChI=1S/C24H16Br2N2O3/c25-20-12-19(22(29)21(26)23(20)30)13-27-28-24(31)18-9-8-16-10-15(6-7-17(16)11-18)14-4-2-1-3-5-14/h1-13,29-30H,(H,28,31)/b27-13+. The minimum absolute atomic E-state index is 0.120. The molecule has 3 N–H and O–H groups in total. The number of aromatic hydroxyl groups is 2. The number of carbonyl (C=O) groups is 1. The Hall–Kier alpha value is -3.16. The molecule has 0 bridgehead atoms. The molecule has 31 heavy (non-hydrogen) atoms. The molecule has 154 valence electrons. The first-order valence-electron chi connectivity index (χ1n) is 9.26. The zero-order valence-corrected chi connectivity index (χ0v) is 19.2. The first kappa shape index (κ1) is 21.1. The minimum atomic E-state index is -0.373. The van der Waals surface area contributed by atoms with Crippen molar-refractivity contribution in [3.63, 3.8) is 0 Å². The molecule has 1 amide bonds. The summed E-state index contributed by atoms with van der Waals surface area (Å²) >= 11 is 6.29. The monoisotopic (exact) mass is 538 g/mol. The van der Waals surface area contributed by atoms with E-state index in [9.17, 15) is 15.0 Å². The van der Waals surface area contributed by atoms with Gasteiger partial charge in [-0.15, -0.1) is 0 Å². The molecule has 0 aliphatic heterocycles. The Morgan fingerprint density at radius 2 is 1.55 bits per heavy atom. The van der Waals surface area contributed by atoms with Crippen LogP contribution in [0.1, 0.15) is 15.9 Å². The van der Waals surface area contributed by atoms with Crippen LogP contribution in [0.4, 0.5) is 0 Å². The summed E-state index contributed by atoms with van der Waals surface area (Å²) in [5, 5.41) is 25.7. The van der Waals surface area contributed by atoms with Crippen LogP contribution in [0.25, 0.3) is 21.9 Å². The second kappa shape index (κ2) is 8.91. The maximum Gasteiger partial charge on any atom is 0.271 e. The molecule has 0 radical (unpaired) electrons. The maximum atomic E-state index is 12.5. The molecule has 0 heterocycles. The van der Waals surface area contributed by atoms with Crippen molar-refractivity contribution in [3.05, 3.63) is 92.9 Å². The Morgan fingerprint density at radius 3 is 2.32 bits per heavy atom. The average molecular weight is 540 g/mol. The van der Waals surface area contributed by atoms with Crippen molar-refractivity contribution in [3.8, 4) is 22.6 Å². The summed E-state index contributed by atoms with van der Waals surface area (Å²) in [4.78, 5) is 12.5. The van der Waals surface area contributed by atoms with Crippen LogP contribution in [0.2, 0.25) is 0 Å². The third kappa shape index (κ3) is 4.47. The summed E-state index contributed by atoms with van der Waals surface area (Å²) in [5.41, 5.74) is 5.49. The summed E-state index contributed by atoms with van der Waals surface area (Å²) in [6.07, 6.45) is 1.30. The van der Waals surface area contributed by atoms with Gasteiger partial charge < -0.3 is 10.2 Å². The van der Waals surface area contributed by atoms with Crippen molar-refractivity contribution in [2.75, 3.05) is 0 Å². The lowest BCUT2D eigenvalue weighted by Gasteiger charge is -2.07. The SMILES string of the molecule is O=C(N/N=C/c1cc(Br)c(O)c(Br)c1O)c1ccc2cc(-c3ccccc3)ccc2c1. The molecule has 0 spiro atoms. The van der Waals surface area contributed by atoms with E-state index in [0.717, 1.165) is 21.9 Å². The summed E-state index contributed by atoms with van der Waals surface area (Å²) in [6.45, 7) is 0. The van der Waals surface area contributed by atoms with Crippen LogP contribution >= 0.6 is 31.9 Å². The topological polar surface area (TPSA) is 81.9 Å². The van der Waals surface area contributed by atoms with Gasteiger partial charge in [0.25, 0.3) is 5.91 Å². The highest BCUT2D eigenvalue weighted by atomic mass is 79.9. The van der Waals surface area contributed by atoms with Gasteiger partial charge in [-0.3, -0.25) is 4.79 Å². The van der Waals surface area contributed by atoms with Crippen LogP contribution in [0, 0.1) is 0 Å². The molecule has 4 rings (SSSR count). The average Bonchev–Trinajstić information content (AvgIpc) is 2.80. The van der Waals surface area contributed by atoms with Crippen LogP contribution in [0.3, 0.4) is 0 Å². The van der Waals surface area contributed by atoms with Gasteiger partial charge in [0.1, 0.15) is 16.0 Å². The summed E-state index contributed by atoms with van der Waals surface area (Å²) in [6, 6.07) is 23.2. The molecule has 0 fully saturated rings. The van der Waals surface area contributed by atoms with Gasteiger partial charge in [-0.05, 0) is 78.0 Å². The van der Waals surface area contributed by atoms with Gasteiger partial charge in [-0.2, -0.15) is 5.10 Å². The molecular weight excluding hydrogens is 524 g/mol. The van der Waals surface area contributed by atoms with Gasteiger partial charge in [0.05, 0.1) is 10.7 Å². The van der Waals surface area contributed by atoms with Crippen LogP contribution in [0.5, 0.6) is 11.5 Å². The molecule has 4 aromatic carbocycles. The first-order valence-corrected chi connectivity index (χ1v) is 10.8. The normalized spacial score (nSPS) is 11.2. The van der Waals surface area contributed by atoms with Gasteiger partial charge in [0.2, 0.25) is 0 Å². The fraction of sp³-hybridized carbons (Fsp3) is 0. The highest BCUT2D eigenvalue weighted by Gasteiger charge is 2.13. The molecule has 7 heteroatoms. The summed E-state index contributed by atoms with van der Waals surface area (Å²) in [5.74, 6) is -0.675. The highest BCUT2D eigenvalue weighted by Crippen LogP contribution is 2.40. The molecule has 4 aromatic rings. The number of nitrogens with one attached hydrogen (secondary N) is 1. The lowest BCUT2D eigenvalue weighted by molar-refractivity contribution is 0.0955. The lowest BCUT2D eigenvalue weighted by Crippen LogP contribution is -2.17. The molecule has 0 saturated heterocycles. The van der Waals surface area contributed by atoms with Gasteiger partial charge >= 0.3 is 0 Å². The number of carbonyl (C=O) groups excluding carboxylic acids is 1. The number of hydrazone groups is 1. The van der Waals surface area contributed by atoms with E-state index in [1.165, 1.54) is 12.3 Å². The fourth-order valence-electron chi connectivity index (χ4n) is 3.14. The molecule has 0 aromatic heterocycles. The van der Waals surface area contributed by atoms with Gasteiger partial charge in [0.15, 0.2) is 0 Å². The van der Waals surface area contributed by atoms with E-state index in [1.54, 1.807) is 12.1 Å². The lowest BCUT2D eigenvalue weighted by atomic mass is 10.00. The van der Waals surface area contributed by atoms with E-state index >= 15 is 0 Å². The van der Waals surface area contributed by atoms with E-state index < -0.39 is 0 Å². The number of amides is 1. The van der Waals surface area contributed by atoms with Crippen molar-refractivity contribution < 1.29 is 15.0 Å². The Labute approximate surface area is 195 Å².